The summed E-state index contributed by atoms with van der Waals surface area (Å²) < 4.78 is 1.85. The Kier molecular flexibility index (Phi) is 3.16. The number of rotatable bonds is 3. The number of hydrogen-bond donors (Lipinski definition) is 1. The first-order chi connectivity index (χ1) is 9.75. The van der Waals surface area contributed by atoms with Gasteiger partial charge in [0.1, 0.15) is 5.65 Å². The van der Waals surface area contributed by atoms with Crippen LogP contribution in [0.2, 0.25) is 0 Å². The van der Waals surface area contributed by atoms with Crippen molar-refractivity contribution in [3.05, 3.63) is 60.2 Å². The van der Waals surface area contributed by atoms with Gasteiger partial charge in [-0.05, 0) is 24.3 Å². The van der Waals surface area contributed by atoms with Gasteiger partial charge in [0.05, 0.1) is 17.8 Å². The van der Waals surface area contributed by atoms with Gasteiger partial charge in [-0.3, -0.25) is 9.78 Å². The fourth-order valence-electron chi connectivity index (χ4n) is 2.16. The lowest BCUT2D eigenvalue weighted by molar-refractivity contribution is 0.0952. The fourth-order valence-corrected chi connectivity index (χ4v) is 2.16. The molecule has 20 heavy (non-hydrogen) atoms. The van der Waals surface area contributed by atoms with E-state index in [1.54, 1.807) is 18.6 Å². The first-order valence-corrected chi connectivity index (χ1v) is 6.34. The molecule has 0 saturated heterocycles. The van der Waals surface area contributed by atoms with Crippen LogP contribution in [0, 0.1) is 0 Å². The maximum Gasteiger partial charge on any atom is 0.253 e. The van der Waals surface area contributed by atoms with Crippen LogP contribution >= 0.6 is 0 Å². The van der Waals surface area contributed by atoms with Gasteiger partial charge in [0.2, 0.25) is 0 Å². The molecule has 3 aromatic heterocycles. The molecule has 100 valence electrons. The minimum absolute atomic E-state index is 0.116. The highest BCUT2D eigenvalue weighted by molar-refractivity contribution is 6.06. The van der Waals surface area contributed by atoms with Crippen molar-refractivity contribution in [2.24, 2.45) is 7.05 Å². The molecular formula is C15H14N4O. The van der Waals surface area contributed by atoms with E-state index in [1.165, 1.54) is 0 Å². The Labute approximate surface area is 116 Å². The summed E-state index contributed by atoms with van der Waals surface area (Å²) in [6.45, 7) is 0.413. The Balaban J connectivity index is 1.83. The van der Waals surface area contributed by atoms with E-state index in [0.29, 0.717) is 12.1 Å². The molecule has 0 aliphatic heterocycles. The van der Waals surface area contributed by atoms with Gasteiger partial charge in [0, 0.05) is 31.0 Å². The van der Waals surface area contributed by atoms with Crippen LogP contribution in [0.1, 0.15) is 16.1 Å². The van der Waals surface area contributed by atoms with E-state index >= 15 is 0 Å². The summed E-state index contributed by atoms with van der Waals surface area (Å²) in [7, 11) is 1.88. The normalized spacial score (nSPS) is 10.7. The minimum Gasteiger partial charge on any atom is -0.346 e. The van der Waals surface area contributed by atoms with Crippen molar-refractivity contribution in [1.29, 1.82) is 0 Å². The molecule has 3 rings (SSSR count). The van der Waals surface area contributed by atoms with Crippen LogP contribution in [-0.2, 0) is 13.6 Å². The monoisotopic (exact) mass is 266 g/mol. The van der Waals surface area contributed by atoms with Crippen LogP contribution in [0.3, 0.4) is 0 Å². The molecule has 1 N–H and O–H groups in total. The number of carbonyl (C=O) groups excluding carboxylic acids is 1. The van der Waals surface area contributed by atoms with Crippen molar-refractivity contribution in [3.8, 4) is 0 Å². The number of fused-ring (bicyclic) bond motifs is 1. The van der Waals surface area contributed by atoms with E-state index in [2.05, 4.69) is 15.3 Å². The second-order valence-electron chi connectivity index (χ2n) is 4.53. The van der Waals surface area contributed by atoms with E-state index in [9.17, 15) is 4.79 Å². The predicted molar refractivity (Wildman–Crippen MR) is 76.1 cm³/mol. The number of pyridine rings is 2. The van der Waals surface area contributed by atoms with Gasteiger partial charge in [0.15, 0.2) is 0 Å². The third-order valence-corrected chi connectivity index (χ3v) is 3.13. The van der Waals surface area contributed by atoms with Gasteiger partial charge in [0.25, 0.3) is 5.91 Å². The Morgan fingerprint density at radius 1 is 1.20 bits per heavy atom. The van der Waals surface area contributed by atoms with Crippen LogP contribution in [0.4, 0.5) is 0 Å². The summed E-state index contributed by atoms with van der Waals surface area (Å²) in [6, 6.07) is 9.36. The maximum atomic E-state index is 12.3. The molecule has 0 unspecified atom stereocenters. The summed E-state index contributed by atoms with van der Waals surface area (Å²) in [6.07, 6.45) is 5.23. The van der Waals surface area contributed by atoms with Crippen molar-refractivity contribution < 1.29 is 4.79 Å². The quantitative estimate of drug-likeness (QED) is 0.787. The predicted octanol–water partition coefficient (Wildman–Crippen LogP) is 1.90. The molecule has 0 atom stereocenters. The Morgan fingerprint density at radius 3 is 2.85 bits per heavy atom. The number of nitrogens with one attached hydrogen (secondary N) is 1. The molecule has 0 fully saturated rings. The molecular weight excluding hydrogens is 252 g/mol. The molecule has 3 heterocycles. The highest BCUT2D eigenvalue weighted by atomic mass is 16.1. The molecule has 5 heteroatoms. The second kappa shape index (κ2) is 5.13. The molecule has 5 nitrogen and oxygen atoms in total. The van der Waals surface area contributed by atoms with Gasteiger partial charge < -0.3 is 9.88 Å². The first-order valence-electron chi connectivity index (χ1n) is 6.34. The van der Waals surface area contributed by atoms with Crippen LogP contribution in [0.25, 0.3) is 11.0 Å². The number of amides is 1. The van der Waals surface area contributed by atoms with Gasteiger partial charge in [-0.15, -0.1) is 0 Å². The van der Waals surface area contributed by atoms with Crippen molar-refractivity contribution in [2.45, 2.75) is 6.54 Å². The molecule has 0 aliphatic carbocycles. The summed E-state index contributed by atoms with van der Waals surface area (Å²) in [5.74, 6) is -0.116. The number of nitrogens with zero attached hydrogens (tertiary/aromatic N) is 3. The summed E-state index contributed by atoms with van der Waals surface area (Å²) >= 11 is 0. The summed E-state index contributed by atoms with van der Waals surface area (Å²) in [5, 5.41) is 3.73. The summed E-state index contributed by atoms with van der Waals surface area (Å²) in [5.41, 5.74) is 2.27. The van der Waals surface area contributed by atoms with E-state index < -0.39 is 0 Å². The first kappa shape index (κ1) is 12.3. The van der Waals surface area contributed by atoms with Gasteiger partial charge in [-0.1, -0.05) is 6.07 Å². The van der Waals surface area contributed by atoms with Crippen molar-refractivity contribution in [3.63, 3.8) is 0 Å². The van der Waals surface area contributed by atoms with E-state index in [1.807, 2.05) is 41.9 Å². The molecule has 0 aliphatic rings. The lowest BCUT2D eigenvalue weighted by Gasteiger charge is -2.03. The third kappa shape index (κ3) is 2.25. The zero-order chi connectivity index (χ0) is 13.9. The number of aromatic nitrogens is 3. The van der Waals surface area contributed by atoms with Crippen LogP contribution in [0.5, 0.6) is 0 Å². The smallest absolute Gasteiger partial charge is 0.253 e. The zero-order valence-corrected chi connectivity index (χ0v) is 11.1. The zero-order valence-electron chi connectivity index (χ0n) is 11.1. The summed E-state index contributed by atoms with van der Waals surface area (Å²) in [4.78, 5) is 20.7. The fraction of sp³-hybridized carbons (Fsp3) is 0.133. The topological polar surface area (TPSA) is 59.8 Å². The molecule has 0 bridgehead atoms. The number of carbonyl (C=O) groups is 1. The second-order valence-corrected chi connectivity index (χ2v) is 4.53. The molecule has 0 radical (unpaired) electrons. The standard InChI is InChI=1S/C15H14N4O/c1-19-10-13(12-6-4-8-17-14(12)19)15(20)18-9-11-5-2-3-7-16-11/h2-8,10H,9H2,1H3,(H,18,20). The average molecular weight is 266 g/mol. The van der Waals surface area contributed by atoms with Crippen LogP contribution in [0.15, 0.2) is 48.9 Å². The van der Waals surface area contributed by atoms with E-state index in [0.717, 1.165) is 16.7 Å². The Hall–Kier alpha value is -2.69. The van der Waals surface area contributed by atoms with Gasteiger partial charge in [-0.25, -0.2) is 4.98 Å². The minimum atomic E-state index is -0.116. The molecule has 0 spiro atoms. The highest BCUT2D eigenvalue weighted by Gasteiger charge is 2.13. The molecule has 1 amide bonds. The molecule has 3 aromatic rings. The number of hydrogen-bond acceptors (Lipinski definition) is 3. The van der Waals surface area contributed by atoms with Crippen molar-refractivity contribution in [2.75, 3.05) is 0 Å². The van der Waals surface area contributed by atoms with Gasteiger partial charge in [-0.2, -0.15) is 0 Å². The third-order valence-electron chi connectivity index (χ3n) is 3.13. The molecule has 0 saturated carbocycles. The van der Waals surface area contributed by atoms with Gasteiger partial charge >= 0.3 is 0 Å². The Bertz CT molecular complexity index is 749. The van der Waals surface area contributed by atoms with Crippen molar-refractivity contribution >= 4 is 16.9 Å². The lowest BCUT2D eigenvalue weighted by atomic mass is 10.2. The van der Waals surface area contributed by atoms with Crippen molar-refractivity contribution in [1.82, 2.24) is 19.9 Å². The molecule has 0 aromatic carbocycles. The SMILES string of the molecule is Cn1cc(C(=O)NCc2ccccn2)c2cccnc21. The Morgan fingerprint density at radius 2 is 2.05 bits per heavy atom. The highest BCUT2D eigenvalue weighted by Crippen LogP contribution is 2.18. The lowest BCUT2D eigenvalue weighted by Crippen LogP contribution is -2.23. The average Bonchev–Trinajstić information content (AvgIpc) is 2.84. The number of aryl methyl sites for hydroxylation is 1. The van der Waals surface area contributed by atoms with Crippen LogP contribution in [-0.4, -0.2) is 20.4 Å². The van der Waals surface area contributed by atoms with E-state index in [4.69, 9.17) is 0 Å². The largest absolute Gasteiger partial charge is 0.346 e. The maximum absolute atomic E-state index is 12.3. The van der Waals surface area contributed by atoms with E-state index in [-0.39, 0.29) is 5.91 Å². The van der Waals surface area contributed by atoms with Crippen LogP contribution < -0.4 is 5.32 Å².